The van der Waals surface area contributed by atoms with E-state index in [0.717, 1.165) is 5.56 Å². The fourth-order valence-corrected chi connectivity index (χ4v) is 5.32. The number of ether oxygens (including phenoxy) is 3. The summed E-state index contributed by atoms with van der Waals surface area (Å²) in [6.07, 6.45) is -0.0428. The molecule has 3 aliphatic rings. The number of methoxy groups -OCH3 is 1. The van der Waals surface area contributed by atoms with Crippen molar-refractivity contribution in [3.8, 4) is 17.2 Å². The first kappa shape index (κ1) is 28.9. The molecule has 3 aliphatic heterocycles. The number of carbonyl (C=O) groups is 3. The number of fused-ring (bicyclic) bond motifs is 7. The fourth-order valence-electron chi connectivity index (χ4n) is 4.80. The summed E-state index contributed by atoms with van der Waals surface area (Å²) in [4.78, 5) is 40.6. The lowest BCUT2D eigenvalue weighted by Crippen LogP contribution is -2.58. The smallest absolute Gasteiger partial charge is 0.258 e. The Morgan fingerprint density at radius 3 is 2.48 bits per heavy atom. The maximum Gasteiger partial charge on any atom is 0.258 e. The number of hydrogen-bond donors (Lipinski definition) is 3. The summed E-state index contributed by atoms with van der Waals surface area (Å²) in [7, 11) is -2.44. The van der Waals surface area contributed by atoms with Crippen LogP contribution in [-0.4, -0.2) is 70.0 Å². The quantitative estimate of drug-likeness (QED) is 0.410. The fraction of sp³-hybridized carbons (Fsp3) is 0.276. The van der Waals surface area contributed by atoms with Crippen molar-refractivity contribution >= 4 is 27.7 Å². The van der Waals surface area contributed by atoms with Crippen LogP contribution in [0.3, 0.4) is 0 Å². The Morgan fingerprint density at radius 1 is 1.05 bits per heavy atom. The molecule has 6 rings (SSSR count). The van der Waals surface area contributed by atoms with Crippen molar-refractivity contribution in [3.63, 3.8) is 0 Å². The third-order valence-electron chi connectivity index (χ3n) is 7.07. The Morgan fingerprint density at radius 2 is 1.79 bits per heavy atom. The minimum absolute atomic E-state index is 0.0966. The molecule has 3 aromatic rings. The zero-order valence-electron chi connectivity index (χ0n) is 22.7. The maximum absolute atomic E-state index is 13.4. The summed E-state index contributed by atoms with van der Waals surface area (Å²) in [6, 6.07) is 16.7. The van der Waals surface area contributed by atoms with Gasteiger partial charge in [0.1, 0.15) is 11.9 Å². The highest BCUT2D eigenvalue weighted by Gasteiger charge is 2.35. The van der Waals surface area contributed by atoms with E-state index < -0.39 is 28.1 Å². The van der Waals surface area contributed by atoms with Gasteiger partial charge < -0.3 is 29.7 Å². The Labute approximate surface area is 242 Å². The van der Waals surface area contributed by atoms with Crippen molar-refractivity contribution in [2.75, 3.05) is 26.8 Å². The van der Waals surface area contributed by atoms with E-state index in [1.165, 1.54) is 37.4 Å². The van der Waals surface area contributed by atoms with Crippen molar-refractivity contribution in [2.45, 2.75) is 30.0 Å². The van der Waals surface area contributed by atoms with Gasteiger partial charge in [0.25, 0.3) is 17.7 Å². The number of primary sulfonamides is 1. The standard InChI is InChI=1S/C29H30N4O8S/c1-39-25-11-6-20-14-26(25)40-17-27(34)31-15-18-2-7-21(8-3-18)41-24-12-13-33(16-23(24)32-28(20)35)29(36)19-4-9-22(10-5-19)42(30,37)38/h2-11,14,23-24H,12-13,15-17H2,1H3,(H,31,34)(H,32,35)(H2,30,37,38)/t23-,24+/m0/s1. The lowest BCUT2D eigenvalue weighted by molar-refractivity contribution is -0.123. The van der Waals surface area contributed by atoms with Gasteiger partial charge >= 0.3 is 0 Å². The Bertz CT molecular complexity index is 1590. The average Bonchev–Trinajstić information content (AvgIpc) is 2.99. The van der Waals surface area contributed by atoms with Gasteiger partial charge in [-0.25, -0.2) is 13.6 Å². The third-order valence-corrected chi connectivity index (χ3v) is 8.00. The number of sulfonamides is 1. The first-order valence-electron chi connectivity index (χ1n) is 13.2. The summed E-state index contributed by atoms with van der Waals surface area (Å²) in [5.74, 6) is 0.0609. The van der Waals surface area contributed by atoms with E-state index in [1.807, 2.05) is 12.1 Å². The molecule has 3 aromatic carbocycles. The van der Waals surface area contributed by atoms with Crippen molar-refractivity contribution in [1.82, 2.24) is 15.5 Å². The van der Waals surface area contributed by atoms with E-state index >= 15 is 0 Å². The number of amides is 3. The normalized spacial score (nSPS) is 19.3. The van der Waals surface area contributed by atoms with Gasteiger partial charge in [0.15, 0.2) is 18.1 Å². The van der Waals surface area contributed by atoms with Crippen LogP contribution in [-0.2, 0) is 21.4 Å². The number of hydrogen-bond acceptors (Lipinski definition) is 8. The lowest BCUT2D eigenvalue weighted by Gasteiger charge is -2.39. The van der Waals surface area contributed by atoms with Crippen molar-refractivity contribution in [2.24, 2.45) is 5.14 Å². The molecular formula is C29H30N4O8S. The van der Waals surface area contributed by atoms with Gasteiger partial charge in [0.05, 0.1) is 18.0 Å². The van der Waals surface area contributed by atoms with Crippen LogP contribution >= 0.6 is 0 Å². The maximum atomic E-state index is 13.4. The second kappa shape index (κ2) is 12.1. The first-order valence-corrected chi connectivity index (χ1v) is 14.7. The predicted molar refractivity (Wildman–Crippen MR) is 151 cm³/mol. The number of rotatable bonds is 3. The predicted octanol–water partition coefficient (Wildman–Crippen LogP) is 1.44. The third kappa shape index (κ3) is 6.64. The van der Waals surface area contributed by atoms with Crippen LogP contribution in [0.4, 0.5) is 0 Å². The molecule has 12 nitrogen and oxygen atoms in total. The molecule has 220 valence electrons. The van der Waals surface area contributed by atoms with Crippen molar-refractivity contribution in [1.29, 1.82) is 0 Å². The highest BCUT2D eigenvalue weighted by atomic mass is 32.2. The molecule has 13 heteroatoms. The molecule has 0 aromatic heterocycles. The SMILES string of the molecule is COc1ccc2cc1OCC(=O)NCc1ccc(cc1)O[C@@H]1CCN(C(=O)c3ccc(S(N)(=O)=O)cc3)C[C@@H]1NC2=O. The number of piperidine rings is 1. The number of likely N-dealkylation sites (tertiary alicyclic amines) is 1. The summed E-state index contributed by atoms with van der Waals surface area (Å²) < 4.78 is 40.5. The van der Waals surface area contributed by atoms with Gasteiger partial charge in [-0.2, -0.15) is 0 Å². The van der Waals surface area contributed by atoms with Crippen LogP contribution in [0.25, 0.3) is 0 Å². The number of nitrogens with one attached hydrogen (secondary N) is 2. The molecule has 0 radical (unpaired) electrons. The van der Waals surface area contributed by atoms with E-state index in [9.17, 15) is 22.8 Å². The van der Waals surface area contributed by atoms with Crippen LogP contribution in [0, 0.1) is 0 Å². The van der Waals surface area contributed by atoms with Crippen LogP contribution in [0.15, 0.2) is 71.6 Å². The molecule has 3 heterocycles. The zero-order valence-corrected chi connectivity index (χ0v) is 23.6. The summed E-state index contributed by atoms with van der Waals surface area (Å²) in [5, 5.41) is 11.0. The van der Waals surface area contributed by atoms with Crippen LogP contribution in [0.5, 0.6) is 17.2 Å². The molecule has 1 fully saturated rings. The molecular weight excluding hydrogens is 564 g/mol. The molecule has 0 unspecified atom stereocenters. The molecule has 0 saturated carbocycles. The Balaban J connectivity index is 1.42. The van der Waals surface area contributed by atoms with Gasteiger partial charge in [0.2, 0.25) is 10.0 Å². The van der Waals surface area contributed by atoms with E-state index in [-0.39, 0.29) is 46.7 Å². The molecule has 42 heavy (non-hydrogen) atoms. The van der Waals surface area contributed by atoms with E-state index in [1.54, 1.807) is 29.2 Å². The Kier molecular flexibility index (Phi) is 8.31. The summed E-state index contributed by atoms with van der Waals surface area (Å²) in [6.45, 7) is 0.503. The topological polar surface area (TPSA) is 166 Å². The minimum atomic E-state index is -3.90. The highest BCUT2D eigenvalue weighted by molar-refractivity contribution is 7.89. The van der Waals surface area contributed by atoms with Gasteiger partial charge in [-0.1, -0.05) is 12.1 Å². The molecule has 0 aliphatic carbocycles. The van der Waals surface area contributed by atoms with E-state index in [2.05, 4.69) is 10.6 Å². The molecule has 3 amide bonds. The van der Waals surface area contributed by atoms with Gasteiger partial charge in [-0.15, -0.1) is 0 Å². The van der Waals surface area contributed by atoms with Gasteiger partial charge in [-0.05, 0) is 60.2 Å². The summed E-state index contributed by atoms with van der Waals surface area (Å²) >= 11 is 0. The van der Waals surface area contributed by atoms with Crippen LogP contribution in [0.2, 0.25) is 0 Å². The van der Waals surface area contributed by atoms with Crippen LogP contribution in [0.1, 0.15) is 32.7 Å². The molecule has 4 N–H and O–H groups in total. The number of carbonyl (C=O) groups excluding carboxylic acids is 3. The van der Waals surface area contributed by atoms with E-state index in [0.29, 0.717) is 31.0 Å². The zero-order chi connectivity index (χ0) is 29.9. The van der Waals surface area contributed by atoms with Crippen molar-refractivity contribution < 1.29 is 37.0 Å². The number of nitrogens with zero attached hydrogens (tertiary/aromatic N) is 1. The lowest BCUT2D eigenvalue weighted by atomic mass is 10.00. The largest absolute Gasteiger partial charge is 0.493 e. The minimum Gasteiger partial charge on any atom is -0.493 e. The number of nitrogens with two attached hydrogens (primary N) is 1. The van der Waals surface area contributed by atoms with E-state index in [4.69, 9.17) is 19.3 Å². The average molecular weight is 595 g/mol. The molecule has 0 spiro atoms. The van der Waals surface area contributed by atoms with Gasteiger partial charge in [-0.3, -0.25) is 14.4 Å². The van der Waals surface area contributed by atoms with Crippen LogP contribution < -0.4 is 30.0 Å². The second-order valence-electron chi connectivity index (χ2n) is 9.92. The second-order valence-corrected chi connectivity index (χ2v) is 11.5. The Hall–Kier alpha value is -4.62. The monoisotopic (exact) mass is 594 g/mol. The number of benzene rings is 3. The molecule has 2 atom stereocenters. The highest BCUT2D eigenvalue weighted by Crippen LogP contribution is 2.29. The molecule has 1 saturated heterocycles. The summed E-state index contributed by atoms with van der Waals surface area (Å²) in [5.41, 5.74) is 1.41. The first-order chi connectivity index (χ1) is 20.1. The molecule has 4 bridgehead atoms. The van der Waals surface area contributed by atoms with Crippen molar-refractivity contribution in [3.05, 3.63) is 83.4 Å². The van der Waals surface area contributed by atoms with Gasteiger partial charge in [0, 0.05) is 37.2 Å².